The summed E-state index contributed by atoms with van der Waals surface area (Å²) in [7, 11) is 0. The quantitative estimate of drug-likeness (QED) is 0.537. The number of unbranched alkanes of at least 4 members (excludes halogenated alkanes) is 2. The summed E-state index contributed by atoms with van der Waals surface area (Å²) in [6.45, 7) is 5.19. The molecule has 0 aromatic heterocycles. The van der Waals surface area contributed by atoms with Gasteiger partial charge in [-0.1, -0.05) is 18.7 Å². The maximum absolute atomic E-state index is 11.7. The van der Waals surface area contributed by atoms with Gasteiger partial charge in [-0.3, -0.25) is 0 Å². The zero-order valence-corrected chi connectivity index (χ0v) is 8.85. The summed E-state index contributed by atoms with van der Waals surface area (Å²) in [6.07, 6.45) is -0.745. The zero-order valence-electron chi connectivity index (χ0n) is 8.85. The minimum absolute atomic E-state index is 0.148. The second-order valence-corrected chi connectivity index (χ2v) is 3.51. The Balaban J connectivity index is 3.51. The van der Waals surface area contributed by atoms with E-state index in [0.717, 1.165) is 0 Å². The number of hydrogen-bond donors (Lipinski definition) is 1. The molecule has 0 aromatic rings. The lowest BCUT2D eigenvalue weighted by atomic mass is 10.1. The highest BCUT2D eigenvalue weighted by atomic mass is 19.4. The van der Waals surface area contributed by atoms with Crippen molar-refractivity contribution in [2.24, 2.45) is 0 Å². The Morgan fingerprint density at radius 3 is 2.47 bits per heavy atom. The van der Waals surface area contributed by atoms with E-state index in [9.17, 15) is 13.2 Å². The molecule has 0 aliphatic heterocycles. The van der Waals surface area contributed by atoms with Crippen molar-refractivity contribution in [1.82, 2.24) is 0 Å². The van der Waals surface area contributed by atoms with Crippen LogP contribution in [0.2, 0.25) is 0 Å². The molecular weight excluding hydrogens is 205 g/mol. The Labute approximate surface area is 88.3 Å². The number of halogens is 3. The van der Waals surface area contributed by atoms with Gasteiger partial charge in [-0.05, 0) is 31.8 Å². The third-order valence-corrected chi connectivity index (χ3v) is 1.95. The molecule has 0 aromatic carbocycles. The molecule has 0 bridgehead atoms. The third kappa shape index (κ3) is 9.53. The van der Waals surface area contributed by atoms with Crippen molar-refractivity contribution in [2.45, 2.75) is 44.9 Å². The van der Waals surface area contributed by atoms with Gasteiger partial charge in [-0.15, -0.1) is 0 Å². The van der Waals surface area contributed by atoms with Gasteiger partial charge in [-0.2, -0.15) is 13.2 Å². The van der Waals surface area contributed by atoms with Crippen molar-refractivity contribution in [3.8, 4) is 0 Å². The zero-order chi connectivity index (χ0) is 11.9. The molecule has 0 radical (unpaired) electrons. The highest BCUT2D eigenvalue weighted by Gasteiger charge is 2.25. The van der Waals surface area contributed by atoms with Gasteiger partial charge in [0.2, 0.25) is 0 Å². The topological polar surface area (TPSA) is 20.2 Å². The fourth-order valence-electron chi connectivity index (χ4n) is 0.962. The molecule has 1 nitrogen and oxygen atoms in total. The van der Waals surface area contributed by atoms with Gasteiger partial charge in [0, 0.05) is 6.42 Å². The van der Waals surface area contributed by atoms with E-state index in [1.807, 2.05) is 0 Å². The summed E-state index contributed by atoms with van der Waals surface area (Å²) in [5, 5.41) is 9.03. The lowest BCUT2D eigenvalue weighted by Gasteiger charge is -2.04. The first-order valence-electron chi connectivity index (χ1n) is 4.93. The first-order chi connectivity index (χ1) is 6.83. The van der Waals surface area contributed by atoms with Crippen LogP contribution in [-0.2, 0) is 0 Å². The monoisotopic (exact) mass is 222 g/mol. The van der Waals surface area contributed by atoms with Crippen LogP contribution in [0.3, 0.4) is 0 Å². The number of allylic oxidation sites excluding steroid dienone is 1. The molecule has 0 amide bonds. The SMILES string of the molecule is C=C(C=CCCCCC(F)(F)F)C(C)O. The summed E-state index contributed by atoms with van der Waals surface area (Å²) in [5.41, 5.74) is 0.575. The van der Waals surface area contributed by atoms with Gasteiger partial charge < -0.3 is 5.11 Å². The Kier molecular flexibility index (Phi) is 6.32. The average molecular weight is 222 g/mol. The minimum Gasteiger partial charge on any atom is -0.389 e. The van der Waals surface area contributed by atoms with E-state index in [2.05, 4.69) is 6.58 Å². The fraction of sp³-hybridized carbons (Fsp3) is 0.636. The van der Waals surface area contributed by atoms with Crippen LogP contribution in [0.25, 0.3) is 0 Å². The maximum atomic E-state index is 11.7. The van der Waals surface area contributed by atoms with E-state index in [4.69, 9.17) is 5.11 Å². The number of hydrogen-bond acceptors (Lipinski definition) is 1. The van der Waals surface area contributed by atoms with Crippen LogP contribution in [0.5, 0.6) is 0 Å². The lowest BCUT2D eigenvalue weighted by molar-refractivity contribution is -0.135. The number of aliphatic hydroxyl groups is 1. The summed E-state index contributed by atoms with van der Waals surface area (Å²) in [6, 6.07) is 0. The van der Waals surface area contributed by atoms with Crippen LogP contribution in [-0.4, -0.2) is 17.4 Å². The molecular formula is C11H17F3O. The van der Waals surface area contributed by atoms with Crippen LogP contribution in [0.15, 0.2) is 24.3 Å². The molecule has 88 valence electrons. The Bertz CT molecular complexity index is 216. The number of aliphatic hydroxyl groups excluding tert-OH is 1. The summed E-state index contributed by atoms with van der Waals surface area (Å²) < 4.78 is 35.2. The molecule has 0 aliphatic carbocycles. The van der Waals surface area contributed by atoms with Gasteiger partial charge in [0.1, 0.15) is 0 Å². The molecule has 0 aliphatic rings. The maximum Gasteiger partial charge on any atom is 0.389 e. The highest BCUT2D eigenvalue weighted by molar-refractivity contribution is 5.17. The molecule has 0 saturated heterocycles. The van der Waals surface area contributed by atoms with E-state index in [1.165, 1.54) is 0 Å². The molecule has 0 saturated carbocycles. The van der Waals surface area contributed by atoms with E-state index in [1.54, 1.807) is 19.1 Å². The van der Waals surface area contributed by atoms with Crippen molar-refractivity contribution < 1.29 is 18.3 Å². The Morgan fingerprint density at radius 2 is 2.00 bits per heavy atom. The third-order valence-electron chi connectivity index (χ3n) is 1.95. The van der Waals surface area contributed by atoms with Crippen molar-refractivity contribution >= 4 is 0 Å². The van der Waals surface area contributed by atoms with E-state index < -0.39 is 18.7 Å². The Hall–Kier alpha value is -0.770. The molecule has 1 unspecified atom stereocenters. The first-order valence-corrected chi connectivity index (χ1v) is 4.93. The largest absolute Gasteiger partial charge is 0.389 e. The molecule has 0 rings (SSSR count). The van der Waals surface area contributed by atoms with Gasteiger partial charge in [0.05, 0.1) is 6.10 Å². The standard InChI is InChI=1S/C11H17F3O/c1-9(10(2)15)7-5-3-4-6-8-11(12,13)14/h5,7,10,15H,1,3-4,6,8H2,2H3. The van der Waals surface area contributed by atoms with Gasteiger partial charge in [0.25, 0.3) is 0 Å². The normalized spacial score (nSPS) is 14.5. The molecule has 0 heterocycles. The van der Waals surface area contributed by atoms with Crippen molar-refractivity contribution in [1.29, 1.82) is 0 Å². The molecule has 1 N–H and O–H groups in total. The van der Waals surface area contributed by atoms with Crippen LogP contribution >= 0.6 is 0 Å². The fourth-order valence-corrected chi connectivity index (χ4v) is 0.962. The van der Waals surface area contributed by atoms with E-state index in [-0.39, 0.29) is 6.42 Å². The lowest BCUT2D eigenvalue weighted by Crippen LogP contribution is -2.06. The predicted molar refractivity (Wildman–Crippen MR) is 54.5 cm³/mol. The highest BCUT2D eigenvalue weighted by Crippen LogP contribution is 2.22. The van der Waals surface area contributed by atoms with Crippen molar-refractivity contribution in [3.05, 3.63) is 24.3 Å². The van der Waals surface area contributed by atoms with Gasteiger partial charge in [0.15, 0.2) is 0 Å². The summed E-state index contributed by atoms with van der Waals surface area (Å²) in [4.78, 5) is 0. The molecule has 0 fully saturated rings. The molecule has 1 atom stereocenters. The second kappa shape index (κ2) is 6.67. The Morgan fingerprint density at radius 1 is 1.40 bits per heavy atom. The van der Waals surface area contributed by atoms with Crippen LogP contribution in [0.4, 0.5) is 13.2 Å². The first kappa shape index (κ1) is 14.2. The minimum atomic E-state index is -4.05. The van der Waals surface area contributed by atoms with Crippen LogP contribution < -0.4 is 0 Å². The molecule has 4 heteroatoms. The van der Waals surface area contributed by atoms with Crippen molar-refractivity contribution in [2.75, 3.05) is 0 Å². The van der Waals surface area contributed by atoms with E-state index in [0.29, 0.717) is 18.4 Å². The smallest absolute Gasteiger partial charge is 0.389 e. The van der Waals surface area contributed by atoms with Gasteiger partial charge >= 0.3 is 6.18 Å². The predicted octanol–water partition coefficient (Wildman–Crippen LogP) is 3.60. The average Bonchev–Trinajstić information content (AvgIpc) is 2.08. The van der Waals surface area contributed by atoms with Crippen molar-refractivity contribution in [3.63, 3.8) is 0 Å². The second-order valence-electron chi connectivity index (χ2n) is 3.51. The van der Waals surface area contributed by atoms with Gasteiger partial charge in [-0.25, -0.2) is 0 Å². The molecule has 0 spiro atoms. The number of alkyl halides is 3. The van der Waals surface area contributed by atoms with Crippen LogP contribution in [0.1, 0.15) is 32.6 Å². The number of rotatable bonds is 6. The van der Waals surface area contributed by atoms with E-state index >= 15 is 0 Å². The van der Waals surface area contributed by atoms with Crippen LogP contribution in [0, 0.1) is 0 Å². The summed E-state index contributed by atoms with van der Waals surface area (Å²) >= 11 is 0. The summed E-state index contributed by atoms with van der Waals surface area (Å²) in [5.74, 6) is 0. The molecule has 15 heavy (non-hydrogen) atoms.